The van der Waals surface area contributed by atoms with Gasteiger partial charge in [-0.05, 0) is 13.0 Å². The Morgan fingerprint density at radius 3 is 3.00 bits per heavy atom. The summed E-state index contributed by atoms with van der Waals surface area (Å²) in [6, 6.07) is 1.90. The molecule has 3 N–H and O–H groups in total. The van der Waals surface area contributed by atoms with Crippen LogP contribution in [0.2, 0.25) is 0 Å². The molecule has 0 aliphatic heterocycles. The summed E-state index contributed by atoms with van der Waals surface area (Å²) in [5.74, 6) is 0.784. The number of H-pyrrole nitrogens is 1. The van der Waals surface area contributed by atoms with Crippen LogP contribution in [0.25, 0.3) is 0 Å². The lowest BCUT2D eigenvalue weighted by Gasteiger charge is -2.08. The topological polar surface area (TPSA) is 65.1 Å². The molecule has 6 heteroatoms. The predicted molar refractivity (Wildman–Crippen MR) is 77.0 cm³/mol. The first-order chi connectivity index (χ1) is 7.36. The summed E-state index contributed by atoms with van der Waals surface area (Å²) in [5, 5.41) is 13.0. The fraction of sp³-hybridized carbons (Fsp3) is 0.400. The van der Waals surface area contributed by atoms with Gasteiger partial charge in [0, 0.05) is 19.3 Å². The van der Waals surface area contributed by atoms with Crippen molar-refractivity contribution in [3.8, 4) is 0 Å². The van der Waals surface area contributed by atoms with Gasteiger partial charge >= 0.3 is 0 Å². The third-order valence-electron chi connectivity index (χ3n) is 1.72. The number of aromatic nitrogens is 2. The van der Waals surface area contributed by atoms with Crippen molar-refractivity contribution in [2.45, 2.75) is 13.5 Å². The number of hydrogen-bond donors (Lipinski definition) is 3. The molecule has 0 aliphatic rings. The normalized spacial score (nSPS) is 10.4. The van der Waals surface area contributed by atoms with E-state index >= 15 is 0 Å². The van der Waals surface area contributed by atoms with Crippen LogP contribution >= 0.6 is 24.0 Å². The summed E-state index contributed by atoms with van der Waals surface area (Å²) in [7, 11) is 0. The van der Waals surface area contributed by atoms with Crippen molar-refractivity contribution >= 4 is 29.9 Å². The third-order valence-corrected chi connectivity index (χ3v) is 1.72. The summed E-state index contributed by atoms with van der Waals surface area (Å²) in [5.41, 5.74) is 0.991. The zero-order valence-electron chi connectivity index (χ0n) is 9.36. The highest BCUT2D eigenvalue weighted by Crippen LogP contribution is 1.93. The number of hydrogen-bond acceptors (Lipinski definition) is 2. The van der Waals surface area contributed by atoms with Gasteiger partial charge in [-0.2, -0.15) is 5.10 Å². The highest BCUT2D eigenvalue weighted by atomic mass is 127. The van der Waals surface area contributed by atoms with Crippen LogP contribution in [0.15, 0.2) is 29.9 Å². The van der Waals surface area contributed by atoms with E-state index in [9.17, 15) is 0 Å². The minimum atomic E-state index is 0. The Kier molecular flexibility index (Phi) is 8.59. The van der Waals surface area contributed by atoms with Crippen molar-refractivity contribution in [2.24, 2.45) is 4.99 Å². The van der Waals surface area contributed by atoms with Crippen LogP contribution < -0.4 is 10.6 Å². The Morgan fingerprint density at radius 1 is 1.62 bits per heavy atom. The first-order valence-electron chi connectivity index (χ1n) is 4.98. The zero-order chi connectivity index (χ0) is 10.9. The van der Waals surface area contributed by atoms with Gasteiger partial charge in [0.05, 0.1) is 12.2 Å². The van der Waals surface area contributed by atoms with Crippen molar-refractivity contribution in [1.29, 1.82) is 0 Å². The van der Waals surface area contributed by atoms with Crippen molar-refractivity contribution in [3.63, 3.8) is 0 Å². The molecule has 0 saturated heterocycles. The smallest absolute Gasteiger partial charge is 0.191 e. The van der Waals surface area contributed by atoms with Crippen LogP contribution in [0.1, 0.15) is 12.6 Å². The van der Waals surface area contributed by atoms with Gasteiger partial charge in [-0.25, -0.2) is 4.99 Å². The van der Waals surface area contributed by atoms with Gasteiger partial charge in [-0.1, -0.05) is 6.08 Å². The number of aliphatic imine (C=N–C) groups is 1. The maximum atomic E-state index is 4.37. The Hall–Kier alpha value is -1.05. The molecule has 0 fully saturated rings. The van der Waals surface area contributed by atoms with Crippen LogP contribution in [0, 0.1) is 0 Å². The second kappa shape index (κ2) is 9.20. The molecule has 1 heterocycles. The summed E-state index contributed by atoms with van der Waals surface area (Å²) in [4.78, 5) is 4.37. The quantitative estimate of drug-likeness (QED) is 0.329. The number of nitrogens with zero attached hydrogens (tertiary/aromatic N) is 2. The van der Waals surface area contributed by atoms with E-state index < -0.39 is 0 Å². The first-order valence-corrected chi connectivity index (χ1v) is 4.98. The van der Waals surface area contributed by atoms with E-state index in [1.54, 1.807) is 12.3 Å². The van der Waals surface area contributed by atoms with E-state index in [4.69, 9.17) is 0 Å². The zero-order valence-corrected chi connectivity index (χ0v) is 11.7. The SMILES string of the molecule is C=CCNC(=NCc1ccn[nH]1)NCC.I. The van der Waals surface area contributed by atoms with Gasteiger partial charge in [0.2, 0.25) is 0 Å². The van der Waals surface area contributed by atoms with Crippen LogP contribution in [-0.4, -0.2) is 29.2 Å². The third kappa shape index (κ3) is 5.74. The van der Waals surface area contributed by atoms with Crippen molar-refractivity contribution in [3.05, 3.63) is 30.6 Å². The first kappa shape index (κ1) is 14.9. The van der Waals surface area contributed by atoms with E-state index in [0.717, 1.165) is 18.2 Å². The number of guanidine groups is 1. The van der Waals surface area contributed by atoms with Gasteiger partial charge in [0.1, 0.15) is 0 Å². The predicted octanol–water partition coefficient (Wildman–Crippen LogP) is 1.27. The second-order valence-corrected chi connectivity index (χ2v) is 2.95. The van der Waals surface area contributed by atoms with Gasteiger partial charge in [-0.3, -0.25) is 5.10 Å². The molecule has 0 aliphatic carbocycles. The summed E-state index contributed by atoms with van der Waals surface area (Å²) < 4.78 is 0. The molecule has 1 rings (SSSR count). The van der Waals surface area contributed by atoms with Crippen molar-refractivity contribution < 1.29 is 0 Å². The second-order valence-electron chi connectivity index (χ2n) is 2.95. The van der Waals surface area contributed by atoms with Crippen molar-refractivity contribution in [1.82, 2.24) is 20.8 Å². The summed E-state index contributed by atoms with van der Waals surface area (Å²) in [6.07, 6.45) is 3.51. The maximum Gasteiger partial charge on any atom is 0.191 e. The average Bonchev–Trinajstić information content (AvgIpc) is 2.75. The van der Waals surface area contributed by atoms with E-state index in [2.05, 4.69) is 32.4 Å². The van der Waals surface area contributed by atoms with Crippen LogP contribution in [-0.2, 0) is 6.54 Å². The van der Waals surface area contributed by atoms with Gasteiger partial charge < -0.3 is 10.6 Å². The standard InChI is InChI=1S/C10H17N5.HI/c1-3-6-12-10(11-4-2)13-8-9-5-7-14-15-9;/h3,5,7H,1,4,6,8H2,2H3,(H,14,15)(H2,11,12,13);1H. The fourth-order valence-corrected chi connectivity index (χ4v) is 1.05. The van der Waals surface area contributed by atoms with Gasteiger partial charge in [-0.15, -0.1) is 30.6 Å². The lowest BCUT2D eigenvalue weighted by molar-refractivity contribution is 0.849. The molecule has 0 amide bonds. The molecule has 0 aromatic carbocycles. The lowest BCUT2D eigenvalue weighted by atomic mass is 10.4. The molecular weight excluding hydrogens is 317 g/mol. The highest BCUT2D eigenvalue weighted by Gasteiger charge is 1.95. The van der Waals surface area contributed by atoms with Crippen molar-refractivity contribution in [2.75, 3.05) is 13.1 Å². The molecule has 0 bridgehead atoms. The molecule has 90 valence electrons. The molecule has 1 aromatic heterocycles. The monoisotopic (exact) mass is 335 g/mol. The minimum Gasteiger partial charge on any atom is -0.357 e. The molecule has 0 spiro atoms. The molecule has 0 atom stereocenters. The number of nitrogens with one attached hydrogen (secondary N) is 3. The highest BCUT2D eigenvalue weighted by molar-refractivity contribution is 14.0. The fourth-order valence-electron chi connectivity index (χ4n) is 1.05. The number of halogens is 1. The summed E-state index contributed by atoms with van der Waals surface area (Å²) in [6.45, 7) is 7.80. The molecule has 5 nitrogen and oxygen atoms in total. The molecule has 1 aromatic rings. The van der Waals surface area contributed by atoms with Crippen LogP contribution in [0.3, 0.4) is 0 Å². The van der Waals surface area contributed by atoms with E-state index in [0.29, 0.717) is 13.1 Å². The lowest BCUT2D eigenvalue weighted by Crippen LogP contribution is -2.37. The number of aromatic amines is 1. The van der Waals surface area contributed by atoms with Crippen LogP contribution in [0.5, 0.6) is 0 Å². The Bertz CT molecular complexity index is 307. The Morgan fingerprint density at radius 2 is 2.44 bits per heavy atom. The average molecular weight is 335 g/mol. The molecule has 0 saturated carbocycles. The van der Waals surface area contributed by atoms with E-state index in [1.807, 2.05) is 13.0 Å². The minimum absolute atomic E-state index is 0. The largest absolute Gasteiger partial charge is 0.357 e. The molecule has 0 radical (unpaired) electrons. The summed E-state index contributed by atoms with van der Waals surface area (Å²) >= 11 is 0. The Labute approximate surface area is 113 Å². The molecule has 0 unspecified atom stereocenters. The van der Waals surface area contributed by atoms with E-state index in [-0.39, 0.29) is 24.0 Å². The van der Waals surface area contributed by atoms with Crippen LogP contribution in [0.4, 0.5) is 0 Å². The maximum absolute atomic E-state index is 4.37. The Balaban J connectivity index is 0.00000225. The van der Waals surface area contributed by atoms with Gasteiger partial charge in [0.25, 0.3) is 0 Å². The molecular formula is C10H18IN5. The van der Waals surface area contributed by atoms with E-state index in [1.165, 1.54) is 0 Å². The molecule has 16 heavy (non-hydrogen) atoms. The number of rotatable bonds is 5. The van der Waals surface area contributed by atoms with Gasteiger partial charge in [0.15, 0.2) is 5.96 Å².